The topological polar surface area (TPSA) is 57.8 Å². The molecule has 1 aromatic heterocycles. The molecule has 4 heteroatoms. The molecule has 12 heavy (non-hydrogen) atoms. The molecule has 64 valence electrons. The molecule has 4 nitrogen and oxygen atoms in total. The summed E-state index contributed by atoms with van der Waals surface area (Å²) in [4.78, 5) is 11.3. The number of aromatic amines is 1. The molecule has 0 aliphatic carbocycles. The van der Waals surface area contributed by atoms with Crippen molar-refractivity contribution in [2.24, 2.45) is 0 Å². The van der Waals surface area contributed by atoms with Gasteiger partial charge in [-0.25, -0.2) is 5.10 Å². The fourth-order valence-corrected chi connectivity index (χ4v) is 1.55. The number of rotatable bonds is 0. The molecule has 0 atom stereocenters. The van der Waals surface area contributed by atoms with E-state index >= 15 is 0 Å². The summed E-state index contributed by atoms with van der Waals surface area (Å²) < 4.78 is 0. The van der Waals surface area contributed by atoms with E-state index in [0.717, 1.165) is 36.3 Å². The van der Waals surface area contributed by atoms with Crippen molar-refractivity contribution >= 4 is 0 Å². The third-order valence-electron chi connectivity index (χ3n) is 2.25. The Morgan fingerprint density at radius 1 is 1.42 bits per heavy atom. The maximum atomic E-state index is 11.3. The Hall–Kier alpha value is -1.16. The molecule has 1 aliphatic heterocycles. The summed E-state index contributed by atoms with van der Waals surface area (Å²) in [6, 6.07) is 0. The van der Waals surface area contributed by atoms with Gasteiger partial charge in [-0.05, 0) is 25.5 Å². The zero-order chi connectivity index (χ0) is 8.55. The van der Waals surface area contributed by atoms with E-state index < -0.39 is 0 Å². The summed E-state index contributed by atoms with van der Waals surface area (Å²) in [5, 5.41) is 9.63. The molecular weight excluding hydrogens is 154 g/mol. The SMILES string of the molecule is Cc1n[nH]c(=O)c2c1CNCC2. The smallest absolute Gasteiger partial charge is 0.267 e. The van der Waals surface area contributed by atoms with Gasteiger partial charge in [0.15, 0.2) is 0 Å². The van der Waals surface area contributed by atoms with E-state index in [1.165, 1.54) is 0 Å². The standard InChI is InChI=1S/C8H11N3O/c1-5-7-4-9-3-2-6(7)8(12)11-10-5/h9H,2-4H2,1H3,(H,11,12). The van der Waals surface area contributed by atoms with Crippen molar-refractivity contribution in [1.29, 1.82) is 0 Å². The molecular formula is C8H11N3O. The molecule has 2 rings (SSSR count). The van der Waals surface area contributed by atoms with Crippen LogP contribution in [0.25, 0.3) is 0 Å². The summed E-state index contributed by atoms with van der Waals surface area (Å²) in [6.45, 7) is 3.58. The number of nitrogens with zero attached hydrogens (tertiary/aromatic N) is 1. The molecule has 2 N–H and O–H groups in total. The summed E-state index contributed by atoms with van der Waals surface area (Å²) in [5.41, 5.74) is 2.88. The van der Waals surface area contributed by atoms with Crippen LogP contribution >= 0.6 is 0 Å². The van der Waals surface area contributed by atoms with Crippen molar-refractivity contribution in [3.8, 4) is 0 Å². The largest absolute Gasteiger partial charge is 0.312 e. The van der Waals surface area contributed by atoms with Crippen LogP contribution in [0.5, 0.6) is 0 Å². The van der Waals surface area contributed by atoms with Gasteiger partial charge in [0.25, 0.3) is 5.56 Å². The van der Waals surface area contributed by atoms with Crippen LogP contribution in [0.3, 0.4) is 0 Å². The number of aromatic nitrogens is 2. The molecule has 0 bridgehead atoms. The van der Waals surface area contributed by atoms with Gasteiger partial charge in [0.05, 0.1) is 5.69 Å². The van der Waals surface area contributed by atoms with Gasteiger partial charge in [0.1, 0.15) is 0 Å². The Balaban J connectivity index is 2.64. The van der Waals surface area contributed by atoms with Crippen molar-refractivity contribution in [1.82, 2.24) is 15.5 Å². The Bertz CT molecular complexity index is 356. The Morgan fingerprint density at radius 2 is 2.25 bits per heavy atom. The third kappa shape index (κ3) is 1.04. The molecule has 0 spiro atoms. The highest BCUT2D eigenvalue weighted by atomic mass is 16.1. The summed E-state index contributed by atoms with van der Waals surface area (Å²) in [5.74, 6) is 0. The normalized spacial score (nSPS) is 15.8. The minimum absolute atomic E-state index is 0.0305. The van der Waals surface area contributed by atoms with Gasteiger partial charge in [-0.15, -0.1) is 0 Å². The van der Waals surface area contributed by atoms with E-state index in [-0.39, 0.29) is 5.56 Å². The van der Waals surface area contributed by atoms with Crippen LogP contribution in [0.4, 0.5) is 0 Å². The lowest BCUT2D eigenvalue weighted by molar-refractivity contribution is 0.623. The molecule has 0 amide bonds. The zero-order valence-corrected chi connectivity index (χ0v) is 6.98. The second kappa shape index (κ2) is 2.71. The van der Waals surface area contributed by atoms with Crippen LogP contribution in [-0.4, -0.2) is 16.7 Å². The van der Waals surface area contributed by atoms with Gasteiger partial charge in [0.2, 0.25) is 0 Å². The number of aryl methyl sites for hydroxylation is 1. The van der Waals surface area contributed by atoms with Crippen molar-refractivity contribution in [2.75, 3.05) is 6.54 Å². The first kappa shape index (κ1) is 7.49. The van der Waals surface area contributed by atoms with Crippen LogP contribution in [0, 0.1) is 6.92 Å². The van der Waals surface area contributed by atoms with E-state index in [1.54, 1.807) is 0 Å². The van der Waals surface area contributed by atoms with E-state index in [1.807, 2.05) is 6.92 Å². The number of nitrogens with one attached hydrogen (secondary N) is 2. The van der Waals surface area contributed by atoms with Gasteiger partial charge in [-0.1, -0.05) is 0 Å². The maximum absolute atomic E-state index is 11.3. The van der Waals surface area contributed by atoms with Crippen LogP contribution < -0.4 is 10.9 Å². The van der Waals surface area contributed by atoms with Crippen LogP contribution in [-0.2, 0) is 13.0 Å². The highest BCUT2D eigenvalue weighted by molar-refractivity contribution is 5.28. The van der Waals surface area contributed by atoms with Gasteiger partial charge in [0, 0.05) is 12.1 Å². The van der Waals surface area contributed by atoms with Crippen molar-refractivity contribution in [3.63, 3.8) is 0 Å². The van der Waals surface area contributed by atoms with E-state index in [0.29, 0.717) is 0 Å². The summed E-state index contributed by atoms with van der Waals surface area (Å²) in [6.07, 6.45) is 0.814. The predicted molar refractivity (Wildman–Crippen MR) is 45.0 cm³/mol. The molecule has 0 fully saturated rings. The Labute approximate surface area is 70.0 Å². The second-order valence-corrected chi connectivity index (χ2v) is 3.02. The third-order valence-corrected chi connectivity index (χ3v) is 2.25. The average molecular weight is 165 g/mol. The molecule has 2 heterocycles. The molecule has 0 aromatic carbocycles. The summed E-state index contributed by atoms with van der Waals surface area (Å²) >= 11 is 0. The molecule has 0 radical (unpaired) electrons. The van der Waals surface area contributed by atoms with Crippen LogP contribution in [0.15, 0.2) is 4.79 Å². The minimum Gasteiger partial charge on any atom is -0.312 e. The van der Waals surface area contributed by atoms with Gasteiger partial charge in [-0.2, -0.15) is 5.10 Å². The first-order chi connectivity index (χ1) is 5.79. The van der Waals surface area contributed by atoms with Crippen molar-refractivity contribution < 1.29 is 0 Å². The average Bonchev–Trinajstić information content (AvgIpc) is 2.12. The molecule has 0 saturated heterocycles. The lowest BCUT2D eigenvalue weighted by Gasteiger charge is -2.16. The number of H-pyrrole nitrogens is 1. The quantitative estimate of drug-likeness (QED) is 0.556. The lowest BCUT2D eigenvalue weighted by atomic mass is 10.0. The van der Waals surface area contributed by atoms with Gasteiger partial charge >= 0.3 is 0 Å². The molecule has 0 saturated carbocycles. The highest BCUT2D eigenvalue weighted by Crippen LogP contribution is 2.10. The predicted octanol–water partition coefficient (Wildman–Crippen LogP) is -0.276. The Kier molecular flexibility index (Phi) is 1.69. The second-order valence-electron chi connectivity index (χ2n) is 3.02. The number of hydrogen-bond donors (Lipinski definition) is 2. The van der Waals surface area contributed by atoms with Crippen molar-refractivity contribution in [3.05, 3.63) is 27.2 Å². The first-order valence-corrected chi connectivity index (χ1v) is 4.07. The molecule has 0 unspecified atom stereocenters. The minimum atomic E-state index is -0.0305. The van der Waals surface area contributed by atoms with Crippen molar-refractivity contribution in [2.45, 2.75) is 19.9 Å². The van der Waals surface area contributed by atoms with E-state index in [9.17, 15) is 4.79 Å². The molecule has 1 aliphatic rings. The monoisotopic (exact) mass is 165 g/mol. The number of fused-ring (bicyclic) bond motifs is 1. The fourth-order valence-electron chi connectivity index (χ4n) is 1.55. The lowest BCUT2D eigenvalue weighted by Crippen LogP contribution is -2.31. The van der Waals surface area contributed by atoms with E-state index in [4.69, 9.17) is 0 Å². The maximum Gasteiger partial charge on any atom is 0.267 e. The highest BCUT2D eigenvalue weighted by Gasteiger charge is 2.14. The fraction of sp³-hybridized carbons (Fsp3) is 0.500. The number of hydrogen-bond acceptors (Lipinski definition) is 3. The van der Waals surface area contributed by atoms with Gasteiger partial charge < -0.3 is 5.32 Å². The first-order valence-electron chi connectivity index (χ1n) is 4.07. The van der Waals surface area contributed by atoms with Gasteiger partial charge in [-0.3, -0.25) is 4.79 Å². The van der Waals surface area contributed by atoms with Crippen LogP contribution in [0.1, 0.15) is 16.8 Å². The van der Waals surface area contributed by atoms with Crippen LogP contribution in [0.2, 0.25) is 0 Å². The molecule has 1 aromatic rings. The van der Waals surface area contributed by atoms with E-state index in [2.05, 4.69) is 15.5 Å². The summed E-state index contributed by atoms with van der Waals surface area (Å²) in [7, 11) is 0. The zero-order valence-electron chi connectivity index (χ0n) is 6.98. The Morgan fingerprint density at radius 3 is 3.00 bits per heavy atom.